The lowest BCUT2D eigenvalue weighted by Crippen LogP contribution is -2.46. The Hall–Kier alpha value is -0.820. The largest absolute Gasteiger partial charge is 0.381 e. The lowest BCUT2D eigenvalue weighted by molar-refractivity contribution is -0.0592. The zero-order chi connectivity index (χ0) is 14.4. The molecule has 0 aliphatic heterocycles. The van der Waals surface area contributed by atoms with Crippen LogP contribution in [0.5, 0.6) is 0 Å². The molecule has 0 saturated heterocycles. The van der Waals surface area contributed by atoms with Gasteiger partial charge < -0.3 is 4.74 Å². The molecule has 0 amide bonds. The summed E-state index contributed by atoms with van der Waals surface area (Å²) in [5, 5.41) is 0. The number of ether oxygens (including phenoxy) is 1. The molecule has 1 aromatic rings. The van der Waals surface area contributed by atoms with Gasteiger partial charge in [-0.1, -0.05) is 31.2 Å². The van der Waals surface area contributed by atoms with Gasteiger partial charge in [-0.2, -0.15) is 0 Å². The third-order valence-corrected chi connectivity index (χ3v) is 7.22. The van der Waals surface area contributed by atoms with Gasteiger partial charge in [0, 0.05) is 7.11 Å². The van der Waals surface area contributed by atoms with Crippen LogP contribution in [0.2, 0.25) is 0 Å². The summed E-state index contributed by atoms with van der Waals surface area (Å²) in [4.78, 5) is 0. The van der Waals surface area contributed by atoms with Crippen molar-refractivity contribution in [2.45, 2.75) is 63.9 Å². The van der Waals surface area contributed by atoms with Gasteiger partial charge in [0.2, 0.25) is 0 Å². The fourth-order valence-corrected chi connectivity index (χ4v) is 6.30. The molecule has 0 N–H and O–H groups in total. The Morgan fingerprint density at radius 2 is 2.00 bits per heavy atom. The molecule has 0 radical (unpaired) electrons. The van der Waals surface area contributed by atoms with E-state index in [-0.39, 0.29) is 0 Å². The number of fused-ring (bicyclic) bond motifs is 5. The minimum Gasteiger partial charge on any atom is -0.381 e. The van der Waals surface area contributed by atoms with Crippen LogP contribution in [0.4, 0.5) is 0 Å². The molecular weight excluding hydrogens is 256 g/mol. The standard InChI is InChI=1S/C20H28O/c1-3-20-13-12-16-15-7-5-4-6-14(15)8-9-17(16)18(20)10-11-19(20)21-2/h4-7,16-19H,3,8-13H2,1-2H3/t16-,17-,18+,19+,20+/m1/s1. The second kappa shape index (κ2) is 5.12. The summed E-state index contributed by atoms with van der Waals surface area (Å²) in [6.07, 6.45) is 9.98. The molecule has 4 rings (SSSR count). The molecule has 0 unspecified atom stereocenters. The predicted octanol–water partition coefficient (Wildman–Crippen LogP) is 4.95. The van der Waals surface area contributed by atoms with E-state index in [0.717, 1.165) is 17.8 Å². The van der Waals surface area contributed by atoms with Gasteiger partial charge in [-0.3, -0.25) is 0 Å². The topological polar surface area (TPSA) is 9.23 Å². The van der Waals surface area contributed by atoms with E-state index in [0.29, 0.717) is 11.5 Å². The highest BCUT2D eigenvalue weighted by Gasteiger charge is 2.56. The van der Waals surface area contributed by atoms with Crippen LogP contribution in [0.1, 0.15) is 62.5 Å². The summed E-state index contributed by atoms with van der Waals surface area (Å²) in [5.41, 5.74) is 3.80. The molecule has 5 atom stereocenters. The van der Waals surface area contributed by atoms with Crippen molar-refractivity contribution >= 4 is 0 Å². The van der Waals surface area contributed by atoms with E-state index >= 15 is 0 Å². The maximum atomic E-state index is 5.92. The van der Waals surface area contributed by atoms with Gasteiger partial charge >= 0.3 is 0 Å². The maximum Gasteiger partial charge on any atom is 0.0630 e. The molecule has 0 bridgehead atoms. The Morgan fingerprint density at radius 3 is 2.81 bits per heavy atom. The first-order valence-corrected chi connectivity index (χ1v) is 8.90. The zero-order valence-electron chi connectivity index (χ0n) is 13.5. The zero-order valence-corrected chi connectivity index (χ0v) is 13.5. The summed E-state index contributed by atoms with van der Waals surface area (Å²) in [5.74, 6) is 2.64. The molecule has 114 valence electrons. The van der Waals surface area contributed by atoms with Crippen molar-refractivity contribution < 1.29 is 4.74 Å². The van der Waals surface area contributed by atoms with Crippen LogP contribution in [0.3, 0.4) is 0 Å². The fraction of sp³-hybridized carbons (Fsp3) is 0.700. The van der Waals surface area contributed by atoms with Gasteiger partial charge in [-0.05, 0) is 79.2 Å². The Bertz CT molecular complexity index is 522. The van der Waals surface area contributed by atoms with Gasteiger partial charge in [-0.25, -0.2) is 0 Å². The molecule has 3 aliphatic rings. The Labute approximate surface area is 129 Å². The number of benzene rings is 1. The molecule has 21 heavy (non-hydrogen) atoms. The number of aryl methyl sites for hydroxylation is 1. The first-order chi connectivity index (χ1) is 10.3. The van der Waals surface area contributed by atoms with E-state index in [9.17, 15) is 0 Å². The summed E-state index contributed by atoms with van der Waals surface area (Å²) in [6, 6.07) is 9.23. The third-order valence-electron chi connectivity index (χ3n) is 7.22. The number of hydrogen-bond donors (Lipinski definition) is 0. The summed E-state index contributed by atoms with van der Waals surface area (Å²) in [7, 11) is 1.94. The molecule has 2 fully saturated rings. The molecule has 0 aromatic heterocycles. The Morgan fingerprint density at radius 1 is 1.14 bits per heavy atom. The van der Waals surface area contributed by atoms with Gasteiger partial charge in [0.25, 0.3) is 0 Å². The van der Waals surface area contributed by atoms with Crippen LogP contribution in [-0.2, 0) is 11.2 Å². The van der Waals surface area contributed by atoms with Crippen LogP contribution >= 0.6 is 0 Å². The Kier molecular flexibility index (Phi) is 3.37. The van der Waals surface area contributed by atoms with Crippen LogP contribution in [0.15, 0.2) is 24.3 Å². The van der Waals surface area contributed by atoms with Crippen molar-refractivity contribution in [2.75, 3.05) is 7.11 Å². The minimum atomic E-state index is 0.488. The van der Waals surface area contributed by atoms with Crippen LogP contribution in [0.25, 0.3) is 0 Å². The van der Waals surface area contributed by atoms with Crippen LogP contribution in [0, 0.1) is 17.3 Å². The summed E-state index contributed by atoms with van der Waals surface area (Å²) >= 11 is 0. The van der Waals surface area contributed by atoms with Crippen molar-refractivity contribution in [3.05, 3.63) is 35.4 Å². The molecule has 1 aromatic carbocycles. The van der Waals surface area contributed by atoms with Crippen molar-refractivity contribution in [3.63, 3.8) is 0 Å². The van der Waals surface area contributed by atoms with Gasteiger partial charge in [0.15, 0.2) is 0 Å². The van der Waals surface area contributed by atoms with Crippen molar-refractivity contribution in [2.24, 2.45) is 17.3 Å². The van der Waals surface area contributed by atoms with E-state index in [1.165, 1.54) is 44.9 Å². The van der Waals surface area contributed by atoms with E-state index in [2.05, 4.69) is 31.2 Å². The lowest BCUT2D eigenvalue weighted by atomic mass is 9.54. The van der Waals surface area contributed by atoms with E-state index in [1.54, 1.807) is 11.1 Å². The molecule has 0 spiro atoms. The van der Waals surface area contributed by atoms with Crippen molar-refractivity contribution in [1.82, 2.24) is 0 Å². The van der Waals surface area contributed by atoms with Crippen molar-refractivity contribution in [3.8, 4) is 0 Å². The number of rotatable bonds is 2. The monoisotopic (exact) mass is 284 g/mol. The molecule has 1 nitrogen and oxygen atoms in total. The highest BCUT2D eigenvalue weighted by atomic mass is 16.5. The highest BCUT2D eigenvalue weighted by molar-refractivity contribution is 5.35. The molecule has 0 heterocycles. The number of hydrogen-bond acceptors (Lipinski definition) is 1. The quantitative estimate of drug-likeness (QED) is 0.747. The predicted molar refractivity (Wildman–Crippen MR) is 86.5 cm³/mol. The molecular formula is C20H28O. The summed E-state index contributed by atoms with van der Waals surface area (Å²) < 4.78 is 5.92. The normalized spacial score (nSPS) is 41.2. The lowest BCUT2D eigenvalue weighted by Gasteiger charge is -2.52. The first-order valence-electron chi connectivity index (χ1n) is 8.90. The number of methoxy groups -OCH3 is 1. The van der Waals surface area contributed by atoms with Gasteiger partial charge in [0.05, 0.1) is 6.10 Å². The van der Waals surface area contributed by atoms with E-state index < -0.39 is 0 Å². The second-order valence-electron chi connectivity index (χ2n) is 7.54. The molecule has 2 saturated carbocycles. The smallest absolute Gasteiger partial charge is 0.0630 e. The average Bonchev–Trinajstić information content (AvgIpc) is 2.93. The second-order valence-corrected chi connectivity index (χ2v) is 7.54. The van der Waals surface area contributed by atoms with Gasteiger partial charge in [-0.15, -0.1) is 0 Å². The molecule has 3 aliphatic carbocycles. The SMILES string of the molecule is CC[C@]12CC[C@@H]3c4ccccc4CC[C@H]3[C@@H]1CC[C@@H]2OC. The minimum absolute atomic E-state index is 0.488. The summed E-state index contributed by atoms with van der Waals surface area (Å²) in [6.45, 7) is 2.40. The van der Waals surface area contributed by atoms with E-state index in [1.807, 2.05) is 7.11 Å². The average molecular weight is 284 g/mol. The first kappa shape index (κ1) is 13.8. The van der Waals surface area contributed by atoms with Crippen LogP contribution < -0.4 is 0 Å². The molecule has 1 heteroatoms. The maximum absolute atomic E-state index is 5.92. The van der Waals surface area contributed by atoms with Crippen LogP contribution in [-0.4, -0.2) is 13.2 Å². The van der Waals surface area contributed by atoms with E-state index in [4.69, 9.17) is 4.74 Å². The van der Waals surface area contributed by atoms with Gasteiger partial charge in [0.1, 0.15) is 0 Å². The van der Waals surface area contributed by atoms with Crippen molar-refractivity contribution in [1.29, 1.82) is 0 Å². The third kappa shape index (κ3) is 1.86. The fourth-order valence-electron chi connectivity index (χ4n) is 6.30. The Balaban J connectivity index is 1.70. The highest BCUT2D eigenvalue weighted by Crippen LogP contribution is 2.62.